The predicted octanol–water partition coefficient (Wildman–Crippen LogP) is 2.53. The van der Waals surface area contributed by atoms with Crippen LogP contribution in [-0.4, -0.2) is 22.8 Å². The molecule has 4 heteroatoms. The van der Waals surface area contributed by atoms with Crippen LogP contribution in [0.5, 0.6) is 0 Å². The molecular weight excluding hydrogens is 238 g/mol. The van der Waals surface area contributed by atoms with E-state index in [0.717, 1.165) is 31.0 Å². The lowest BCUT2D eigenvalue weighted by Crippen LogP contribution is -2.12. The van der Waals surface area contributed by atoms with E-state index in [4.69, 9.17) is 15.5 Å². The molecule has 4 nitrogen and oxygen atoms in total. The third-order valence-corrected chi connectivity index (χ3v) is 4.21. The Hall–Kier alpha value is -1.55. The Kier molecular flexibility index (Phi) is 2.52. The van der Waals surface area contributed by atoms with Gasteiger partial charge in [0.25, 0.3) is 0 Å². The number of rotatable bonds is 3. The second-order valence-electron chi connectivity index (χ2n) is 5.83. The third kappa shape index (κ3) is 2.00. The Morgan fingerprint density at radius 3 is 2.95 bits per heavy atom. The van der Waals surface area contributed by atoms with Crippen molar-refractivity contribution in [3.63, 3.8) is 0 Å². The van der Waals surface area contributed by atoms with Crippen LogP contribution in [-0.2, 0) is 11.3 Å². The van der Waals surface area contributed by atoms with E-state index in [1.165, 1.54) is 30.6 Å². The molecule has 0 radical (unpaired) electrons. The number of hydrogen-bond donors (Lipinski definition) is 1. The average molecular weight is 257 g/mol. The van der Waals surface area contributed by atoms with Gasteiger partial charge in [0.1, 0.15) is 5.82 Å². The quantitative estimate of drug-likeness (QED) is 0.860. The number of hydrogen-bond acceptors (Lipinski definition) is 3. The smallest absolute Gasteiger partial charge is 0.113 e. The summed E-state index contributed by atoms with van der Waals surface area (Å²) in [7, 11) is 0. The molecule has 1 aromatic heterocycles. The largest absolute Gasteiger partial charge is 0.399 e. The second kappa shape index (κ2) is 4.23. The lowest BCUT2D eigenvalue weighted by atomic mass is 10.1. The Bertz CT molecular complexity index is 609. The molecule has 4 rings (SSSR count). The van der Waals surface area contributed by atoms with Crippen LogP contribution < -0.4 is 5.73 Å². The molecule has 0 spiro atoms. The van der Waals surface area contributed by atoms with Gasteiger partial charge in [0.15, 0.2) is 0 Å². The zero-order chi connectivity index (χ0) is 12.8. The topological polar surface area (TPSA) is 53.1 Å². The molecule has 2 fully saturated rings. The highest BCUT2D eigenvalue weighted by atomic mass is 16.5. The van der Waals surface area contributed by atoms with Gasteiger partial charge < -0.3 is 15.0 Å². The first-order valence-corrected chi connectivity index (χ1v) is 7.14. The van der Waals surface area contributed by atoms with Gasteiger partial charge in [0, 0.05) is 30.7 Å². The van der Waals surface area contributed by atoms with Crippen molar-refractivity contribution in [1.82, 2.24) is 9.55 Å². The normalized spacial score (nSPS) is 23.3. The molecule has 0 amide bonds. The first kappa shape index (κ1) is 11.3. The fourth-order valence-corrected chi connectivity index (χ4v) is 3.00. The molecule has 2 N–H and O–H groups in total. The first-order chi connectivity index (χ1) is 9.31. The van der Waals surface area contributed by atoms with Gasteiger partial charge in [0.05, 0.1) is 17.6 Å². The predicted molar refractivity (Wildman–Crippen MR) is 75.0 cm³/mol. The summed E-state index contributed by atoms with van der Waals surface area (Å²) < 4.78 is 7.91. The minimum Gasteiger partial charge on any atom is -0.399 e. The number of benzene rings is 1. The van der Waals surface area contributed by atoms with E-state index in [-0.39, 0.29) is 0 Å². The van der Waals surface area contributed by atoms with E-state index in [9.17, 15) is 0 Å². The van der Waals surface area contributed by atoms with Crippen molar-refractivity contribution in [3.05, 3.63) is 24.0 Å². The molecule has 19 heavy (non-hydrogen) atoms. The molecule has 1 aliphatic heterocycles. The highest BCUT2D eigenvalue weighted by Crippen LogP contribution is 2.41. The number of anilines is 1. The fraction of sp³-hybridized carbons (Fsp3) is 0.533. The third-order valence-electron chi connectivity index (χ3n) is 4.21. The van der Waals surface area contributed by atoms with Gasteiger partial charge in [-0.1, -0.05) is 0 Å². The number of nitrogens with zero attached hydrogens (tertiary/aromatic N) is 2. The molecule has 1 saturated carbocycles. The van der Waals surface area contributed by atoms with Gasteiger partial charge in [-0.3, -0.25) is 0 Å². The molecule has 2 heterocycles. The SMILES string of the molecule is Nc1ccc2c(c1)nc(C1CC1)n2CC1CCOC1. The molecule has 1 aromatic carbocycles. The fourth-order valence-electron chi connectivity index (χ4n) is 3.00. The summed E-state index contributed by atoms with van der Waals surface area (Å²) in [6, 6.07) is 6.07. The van der Waals surface area contributed by atoms with Crippen LogP contribution in [0.2, 0.25) is 0 Å². The van der Waals surface area contributed by atoms with Crippen LogP contribution in [0.3, 0.4) is 0 Å². The van der Waals surface area contributed by atoms with Crippen LogP contribution >= 0.6 is 0 Å². The summed E-state index contributed by atoms with van der Waals surface area (Å²) in [6.45, 7) is 2.83. The van der Waals surface area contributed by atoms with Crippen molar-refractivity contribution in [2.24, 2.45) is 5.92 Å². The highest BCUT2D eigenvalue weighted by Gasteiger charge is 2.30. The monoisotopic (exact) mass is 257 g/mol. The molecule has 1 aliphatic carbocycles. The van der Waals surface area contributed by atoms with Gasteiger partial charge >= 0.3 is 0 Å². The summed E-state index contributed by atoms with van der Waals surface area (Å²) in [6.07, 6.45) is 3.72. The van der Waals surface area contributed by atoms with Gasteiger partial charge in [-0.2, -0.15) is 0 Å². The van der Waals surface area contributed by atoms with Crippen LogP contribution in [0.15, 0.2) is 18.2 Å². The van der Waals surface area contributed by atoms with Crippen LogP contribution in [0.25, 0.3) is 11.0 Å². The van der Waals surface area contributed by atoms with Crippen molar-refractivity contribution < 1.29 is 4.74 Å². The maximum absolute atomic E-state index is 5.87. The van der Waals surface area contributed by atoms with E-state index >= 15 is 0 Å². The molecule has 1 saturated heterocycles. The van der Waals surface area contributed by atoms with Crippen molar-refractivity contribution in [1.29, 1.82) is 0 Å². The zero-order valence-electron chi connectivity index (χ0n) is 11.0. The average Bonchev–Trinajstić information content (AvgIpc) is 3.00. The Morgan fingerprint density at radius 2 is 2.21 bits per heavy atom. The molecule has 0 bridgehead atoms. The molecule has 2 aromatic rings. The van der Waals surface area contributed by atoms with Gasteiger partial charge in [-0.05, 0) is 37.5 Å². The van der Waals surface area contributed by atoms with Crippen molar-refractivity contribution in [3.8, 4) is 0 Å². The van der Waals surface area contributed by atoms with Crippen molar-refractivity contribution in [2.75, 3.05) is 18.9 Å². The summed E-state index contributed by atoms with van der Waals surface area (Å²) in [5.74, 6) is 2.55. The van der Waals surface area contributed by atoms with Gasteiger partial charge in [-0.15, -0.1) is 0 Å². The van der Waals surface area contributed by atoms with Crippen LogP contribution in [0.1, 0.15) is 31.0 Å². The summed E-state index contributed by atoms with van der Waals surface area (Å²) >= 11 is 0. The van der Waals surface area contributed by atoms with E-state index in [2.05, 4.69) is 10.6 Å². The van der Waals surface area contributed by atoms with E-state index in [0.29, 0.717) is 11.8 Å². The van der Waals surface area contributed by atoms with E-state index in [1.807, 2.05) is 12.1 Å². The summed E-state index contributed by atoms with van der Waals surface area (Å²) in [5.41, 5.74) is 8.93. The molecular formula is C15H19N3O. The number of imidazole rings is 1. The van der Waals surface area contributed by atoms with Crippen molar-refractivity contribution >= 4 is 16.7 Å². The van der Waals surface area contributed by atoms with E-state index < -0.39 is 0 Å². The maximum atomic E-state index is 5.87. The Labute approximate surface area is 112 Å². The minimum atomic E-state index is 0.632. The number of nitrogen functional groups attached to an aromatic ring is 1. The summed E-state index contributed by atoms with van der Waals surface area (Å²) in [5, 5.41) is 0. The van der Waals surface area contributed by atoms with Gasteiger partial charge in [-0.25, -0.2) is 4.98 Å². The van der Waals surface area contributed by atoms with Crippen molar-refractivity contribution in [2.45, 2.75) is 31.7 Å². The number of nitrogens with two attached hydrogens (primary N) is 1. The number of fused-ring (bicyclic) bond motifs is 1. The Morgan fingerprint density at radius 1 is 1.32 bits per heavy atom. The first-order valence-electron chi connectivity index (χ1n) is 7.14. The van der Waals surface area contributed by atoms with Crippen LogP contribution in [0.4, 0.5) is 5.69 Å². The molecule has 1 atom stereocenters. The lowest BCUT2D eigenvalue weighted by molar-refractivity contribution is 0.182. The zero-order valence-corrected chi connectivity index (χ0v) is 11.0. The maximum Gasteiger partial charge on any atom is 0.113 e. The minimum absolute atomic E-state index is 0.632. The standard InChI is InChI=1S/C15H19N3O/c16-12-3-4-14-13(7-12)17-15(11-1-2-11)18(14)8-10-5-6-19-9-10/h3-4,7,10-11H,1-2,5-6,8-9,16H2. The number of aromatic nitrogens is 2. The molecule has 2 aliphatic rings. The summed E-state index contributed by atoms with van der Waals surface area (Å²) in [4.78, 5) is 4.82. The Balaban J connectivity index is 1.78. The lowest BCUT2D eigenvalue weighted by Gasteiger charge is -2.13. The molecule has 1 unspecified atom stereocenters. The number of ether oxygens (including phenoxy) is 1. The van der Waals surface area contributed by atoms with Crippen LogP contribution in [0, 0.1) is 5.92 Å². The van der Waals surface area contributed by atoms with E-state index in [1.54, 1.807) is 0 Å². The highest BCUT2D eigenvalue weighted by molar-refractivity contribution is 5.79. The molecule has 100 valence electrons. The second-order valence-corrected chi connectivity index (χ2v) is 5.83. The van der Waals surface area contributed by atoms with Gasteiger partial charge in [0.2, 0.25) is 0 Å².